The Labute approximate surface area is 162 Å². The van der Waals surface area contributed by atoms with Crippen molar-refractivity contribution in [1.82, 2.24) is 14.9 Å². The highest BCUT2D eigenvalue weighted by atomic mass is 19.4. The van der Waals surface area contributed by atoms with Crippen LogP contribution in [0.1, 0.15) is 59.2 Å². The monoisotopic (exact) mass is 419 g/mol. The molecule has 1 aromatic heterocycles. The number of hydrogen-bond donors (Lipinski definition) is 1. The normalized spacial score (nSPS) is 17.3. The molecule has 1 N–H and O–H groups in total. The van der Waals surface area contributed by atoms with E-state index in [9.17, 15) is 31.1 Å². The first-order valence-electron chi connectivity index (χ1n) is 9.01. The number of alkyl halides is 6. The average molecular weight is 419 g/mol. The van der Waals surface area contributed by atoms with Crippen molar-refractivity contribution in [3.05, 3.63) is 52.6 Å². The lowest BCUT2D eigenvalue weighted by Gasteiger charge is -2.25. The Morgan fingerprint density at radius 3 is 2.21 bits per heavy atom. The van der Waals surface area contributed by atoms with Gasteiger partial charge in [-0.05, 0) is 44.0 Å². The molecule has 1 atom stereocenters. The summed E-state index contributed by atoms with van der Waals surface area (Å²) in [6.07, 6.45) is -7.60. The molecule has 1 aliphatic rings. The van der Waals surface area contributed by atoms with Crippen molar-refractivity contribution < 1.29 is 31.1 Å². The summed E-state index contributed by atoms with van der Waals surface area (Å²) in [6, 6.07) is 1.58. The summed E-state index contributed by atoms with van der Waals surface area (Å²) in [4.78, 5) is 16.3. The minimum Gasteiger partial charge on any atom is -0.348 e. The second-order valence-electron chi connectivity index (χ2n) is 7.40. The van der Waals surface area contributed by atoms with Gasteiger partial charge >= 0.3 is 12.4 Å². The Hall–Kier alpha value is -2.52. The SMILES string of the molecule is CC(C)NC(=O)c1cn2c(n1)CCC(c1cc(C(F)(F)F)cc(C(F)(F)F)c1)C2. The van der Waals surface area contributed by atoms with Crippen molar-refractivity contribution in [2.75, 3.05) is 0 Å². The van der Waals surface area contributed by atoms with Gasteiger partial charge in [0.1, 0.15) is 11.5 Å². The van der Waals surface area contributed by atoms with Gasteiger partial charge in [0.05, 0.1) is 11.1 Å². The summed E-state index contributed by atoms with van der Waals surface area (Å²) in [7, 11) is 0. The van der Waals surface area contributed by atoms with E-state index >= 15 is 0 Å². The summed E-state index contributed by atoms with van der Waals surface area (Å²) in [5.74, 6) is -0.351. The van der Waals surface area contributed by atoms with Crippen LogP contribution in [0.2, 0.25) is 0 Å². The molecule has 2 heterocycles. The number of carbonyl (C=O) groups is 1. The van der Waals surface area contributed by atoms with E-state index in [1.807, 2.05) is 0 Å². The number of hydrogen-bond acceptors (Lipinski definition) is 2. The lowest BCUT2D eigenvalue weighted by molar-refractivity contribution is -0.143. The molecule has 0 saturated carbocycles. The lowest BCUT2D eigenvalue weighted by Crippen LogP contribution is -2.30. The highest BCUT2D eigenvalue weighted by molar-refractivity contribution is 5.92. The Kier molecular flexibility index (Phi) is 5.40. The van der Waals surface area contributed by atoms with Crippen molar-refractivity contribution >= 4 is 5.91 Å². The van der Waals surface area contributed by atoms with Gasteiger partial charge in [0.25, 0.3) is 5.91 Å². The van der Waals surface area contributed by atoms with E-state index in [0.717, 1.165) is 12.1 Å². The Balaban J connectivity index is 1.92. The maximum absolute atomic E-state index is 13.1. The number of nitrogens with zero attached hydrogens (tertiary/aromatic N) is 2. The van der Waals surface area contributed by atoms with E-state index < -0.39 is 29.4 Å². The molecule has 0 fully saturated rings. The molecule has 3 rings (SSSR count). The molecule has 4 nitrogen and oxygen atoms in total. The number of nitrogens with one attached hydrogen (secondary N) is 1. The number of benzene rings is 1. The van der Waals surface area contributed by atoms with Crippen LogP contribution in [0, 0.1) is 0 Å². The molecule has 0 aliphatic carbocycles. The zero-order chi connectivity index (χ0) is 21.6. The highest BCUT2D eigenvalue weighted by Gasteiger charge is 2.38. The fraction of sp³-hybridized carbons (Fsp3) is 0.474. The minimum atomic E-state index is -4.88. The van der Waals surface area contributed by atoms with Crippen LogP contribution in [-0.2, 0) is 25.3 Å². The topological polar surface area (TPSA) is 46.9 Å². The van der Waals surface area contributed by atoms with Crippen molar-refractivity contribution in [1.29, 1.82) is 0 Å². The van der Waals surface area contributed by atoms with Crippen LogP contribution >= 0.6 is 0 Å². The number of carbonyl (C=O) groups excluding carboxylic acids is 1. The Bertz CT molecular complexity index is 881. The lowest BCUT2D eigenvalue weighted by atomic mass is 9.89. The molecule has 0 saturated heterocycles. The summed E-state index contributed by atoms with van der Waals surface area (Å²) < 4.78 is 80.3. The number of rotatable bonds is 3. The highest BCUT2D eigenvalue weighted by Crippen LogP contribution is 2.39. The van der Waals surface area contributed by atoms with Crippen molar-refractivity contribution in [3.8, 4) is 0 Å². The minimum absolute atomic E-state index is 0.0281. The van der Waals surface area contributed by atoms with E-state index in [0.29, 0.717) is 18.7 Å². The molecule has 158 valence electrons. The van der Waals surface area contributed by atoms with Crippen molar-refractivity contribution in [2.24, 2.45) is 0 Å². The van der Waals surface area contributed by atoms with Crippen LogP contribution in [0.4, 0.5) is 26.3 Å². The molecule has 0 radical (unpaired) electrons. The van der Waals surface area contributed by atoms with Gasteiger partial charge < -0.3 is 9.88 Å². The molecular formula is C19H19F6N3O. The van der Waals surface area contributed by atoms with E-state index in [1.54, 1.807) is 18.4 Å². The third kappa shape index (κ3) is 4.73. The van der Waals surface area contributed by atoms with Crippen LogP contribution in [0.15, 0.2) is 24.4 Å². The van der Waals surface area contributed by atoms with Gasteiger partial charge in [0.2, 0.25) is 0 Å². The molecule has 1 amide bonds. The number of imidazole rings is 1. The van der Waals surface area contributed by atoms with Gasteiger partial charge in [-0.1, -0.05) is 0 Å². The molecule has 0 bridgehead atoms. The molecule has 1 unspecified atom stereocenters. The number of amides is 1. The third-order valence-electron chi connectivity index (χ3n) is 4.73. The first kappa shape index (κ1) is 21.2. The largest absolute Gasteiger partial charge is 0.416 e. The van der Waals surface area contributed by atoms with E-state index in [1.165, 1.54) is 6.20 Å². The fourth-order valence-corrected chi connectivity index (χ4v) is 3.38. The zero-order valence-electron chi connectivity index (χ0n) is 15.7. The fourth-order valence-electron chi connectivity index (χ4n) is 3.38. The van der Waals surface area contributed by atoms with E-state index in [4.69, 9.17) is 0 Å². The van der Waals surface area contributed by atoms with Crippen LogP contribution in [-0.4, -0.2) is 21.5 Å². The summed E-state index contributed by atoms with van der Waals surface area (Å²) in [5.41, 5.74) is -2.50. The summed E-state index contributed by atoms with van der Waals surface area (Å²) >= 11 is 0. The van der Waals surface area contributed by atoms with Crippen LogP contribution in [0.5, 0.6) is 0 Å². The van der Waals surface area contributed by atoms with Gasteiger partial charge in [0, 0.05) is 31.1 Å². The molecule has 1 aliphatic heterocycles. The second-order valence-corrected chi connectivity index (χ2v) is 7.40. The molecule has 0 spiro atoms. The average Bonchev–Trinajstić information content (AvgIpc) is 3.02. The van der Waals surface area contributed by atoms with Gasteiger partial charge in [-0.3, -0.25) is 4.79 Å². The number of aryl methyl sites for hydroxylation is 1. The van der Waals surface area contributed by atoms with Crippen molar-refractivity contribution in [3.63, 3.8) is 0 Å². The summed E-state index contributed by atoms with van der Waals surface area (Å²) in [6.45, 7) is 3.72. The Morgan fingerprint density at radius 2 is 1.69 bits per heavy atom. The standard InChI is InChI=1S/C19H19F6N3O/c1-10(2)26-17(29)15-9-28-8-11(3-4-16(28)27-15)12-5-13(18(20,21)22)7-14(6-12)19(23,24)25/h5-7,9-11H,3-4,8H2,1-2H3,(H,26,29). The van der Waals surface area contributed by atoms with Crippen LogP contribution in [0.25, 0.3) is 0 Å². The number of aromatic nitrogens is 2. The molecular weight excluding hydrogens is 400 g/mol. The van der Waals surface area contributed by atoms with E-state index in [2.05, 4.69) is 10.3 Å². The predicted molar refractivity (Wildman–Crippen MR) is 92.3 cm³/mol. The molecule has 1 aromatic carbocycles. The van der Waals surface area contributed by atoms with Gasteiger partial charge in [0.15, 0.2) is 0 Å². The zero-order valence-corrected chi connectivity index (χ0v) is 15.7. The first-order valence-corrected chi connectivity index (χ1v) is 9.01. The van der Waals surface area contributed by atoms with E-state index in [-0.39, 0.29) is 35.8 Å². The number of halogens is 6. The smallest absolute Gasteiger partial charge is 0.348 e. The molecule has 10 heteroatoms. The summed E-state index contributed by atoms with van der Waals surface area (Å²) in [5, 5.41) is 2.69. The quantitative estimate of drug-likeness (QED) is 0.728. The number of fused-ring (bicyclic) bond motifs is 1. The van der Waals surface area contributed by atoms with Crippen LogP contribution < -0.4 is 5.32 Å². The predicted octanol–water partition coefficient (Wildman–Crippen LogP) is 4.79. The maximum atomic E-state index is 13.1. The van der Waals surface area contributed by atoms with Gasteiger partial charge in [-0.25, -0.2) is 4.98 Å². The van der Waals surface area contributed by atoms with Gasteiger partial charge in [-0.15, -0.1) is 0 Å². The van der Waals surface area contributed by atoms with Crippen molar-refractivity contribution in [2.45, 2.75) is 57.5 Å². The first-order chi connectivity index (χ1) is 13.3. The Morgan fingerprint density at radius 1 is 1.10 bits per heavy atom. The maximum Gasteiger partial charge on any atom is 0.416 e. The van der Waals surface area contributed by atoms with Gasteiger partial charge in [-0.2, -0.15) is 26.3 Å². The third-order valence-corrected chi connectivity index (χ3v) is 4.73. The van der Waals surface area contributed by atoms with Crippen LogP contribution in [0.3, 0.4) is 0 Å². The molecule has 2 aromatic rings. The second kappa shape index (κ2) is 7.38. The molecule has 29 heavy (non-hydrogen) atoms.